The van der Waals surface area contributed by atoms with Crippen LogP contribution < -0.4 is 10.6 Å². The second-order valence-corrected chi connectivity index (χ2v) is 13.9. The van der Waals surface area contributed by atoms with Crippen molar-refractivity contribution >= 4 is 43.1 Å². The summed E-state index contributed by atoms with van der Waals surface area (Å²) in [5, 5.41) is 11.0. The van der Waals surface area contributed by atoms with Gasteiger partial charge in [0.05, 0.1) is 11.8 Å². The van der Waals surface area contributed by atoms with E-state index >= 15 is 0 Å². The molecule has 0 saturated carbocycles. The van der Waals surface area contributed by atoms with Crippen LogP contribution in [0.2, 0.25) is 0 Å². The number of anilines is 2. The molecule has 0 bridgehead atoms. The number of aromatic nitrogens is 1. The molecule has 0 aliphatic heterocycles. The van der Waals surface area contributed by atoms with Gasteiger partial charge in [-0.25, -0.2) is 8.42 Å². The Morgan fingerprint density at radius 1 is 0.829 bits per heavy atom. The fourth-order valence-electron chi connectivity index (χ4n) is 6.84. The summed E-state index contributed by atoms with van der Waals surface area (Å²) in [5.74, 6) is 0. The van der Waals surface area contributed by atoms with Crippen LogP contribution in [0.5, 0.6) is 0 Å². The molecule has 0 atom stereocenters. The second-order valence-electron chi connectivity index (χ2n) is 11.9. The molecule has 0 amide bonds. The highest BCUT2D eigenvalue weighted by Crippen LogP contribution is 2.36. The molecule has 2 aliphatic rings. The van der Waals surface area contributed by atoms with E-state index in [1.165, 1.54) is 81.9 Å². The number of sulfonamides is 1. The van der Waals surface area contributed by atoms with Crippen LogP contribution >= 0.6 is 0 Å². The van der Waals surface area contributed by atoms with Gasteiger partial charge in [-0.2, -0.15) is 4.31 Å². The maximum Gasteiger partial charge on any atom is 0.211 e. The Kier molecular flexibility index (Phi) is 7.92. The van der Waals surface area contributed by atoms with Gasteiger partial charge in [0.1, 0.15) is 0 Å². The van der Waals surface area contributed by atoms with Crippen LogP contribution in [0.1, 0.15) is 59.2 Å². The molecule has 216 valence electrons. The van der Waals surface area contributed by atoms with E-state index in [0.29, 0.717) is 26.2 Å². The van der Waals surface area contributed by atoms with Crippen LogP contribution in [-0.4, -0.2) is 50.1 Å². The molecule has 2 aliphatic carbocycles. The van der Waals surface area contributed by atoms with E-state index < -0.39 is 10.0 Å². The first-order chi connectivity index (χ1) is 19.8. The topological polar surface area (TPSA) is 74.3 Å². The summed E-state index contributed by atoms with van der Waals surface area (Å²) in [7, 11) is -3.37. The molecule has 6 nitrogen and oxygen atoms in total. The second kappa shape index (κ2) is 11.6. The predicted molar refractivity (Wildman–Crippen MR) is 172 cm³/mol. The first-order valence-corrected chi connectivity index (χ1v) is 17.0. The summed E-state index contributed by atoms with van der Waals surface area (Å²) >= 11 is 0. The van der Waals surface area contributed by atoms with Gasteiger partial charge in [0.15, 0.2) is 0 Å². The Balaban J connectivity index is 1.20. The van der Waals surface area contributed by atoms with Crippen LogP contribution in [0.25, 0.3) is 21.7 Å². The summed E-state index contributed by atoms with van der Waals surface area (Å²) in [5.41, 5.74) is 11.1. The van der Waals surface area contributed by atoms with Crippen LogP contribution in [-0.2, 0) is 35.7 Å². The molecule has 6 rings (SSSR count). The van der Waals surface area contributed by atoms with Gasteiger partial charge in [-0.05, 0) is 105 Å². The number of nitrogens with zero attached hydrogens (tertiary/aromatic N) is 2. The summed E-state index contributed by atoms with van der Waals surface area (Å²) in [6.45, 7) is 6.22. The largest absolute Gasteiger partial charge is 0.383 e. The highest BCUT2D eigenvalue weighted by atomic mass is 32.2. The zero-order valence-electron chi connectivity index (χ0n) is 24.6. The van der Waals surface area contributed by atoms with E-state index in [1.54, 1.807) is 4.31 Å². The quantitative estimate of drug-likeness (QED) is 0.239. The van der Waals surface area contributed by atoms with Crippen molar-refractivity contribution in [3.05, 3.63) is 76.0 Å². The lowest BCUT2D eigenvalue weighted by Gasteiger charge is -2.26. The van der Waals surface area contributed by atoms with Gasteiger partial charge < -0.3 is 10.6 Å². The maximum absolute atomic E-state index is 12.9. The summed E-state index contributed by atoms with van der Waals surface area (Å²) < 4.78 is 27.3. The molecule has 4 aromatic rings. The van der Waals surface area contributed by atoms with Crippen LogP contribution in [0.15, 0.2) is 42.5 Å². The fourth-order valence-corrected chi connectivity index (χ4v) is 7.68. The molecule has 0 fully saturated rings. The lowest BCUT2D eigenvalue weighted by Crippen LogP contribution is -2.37. The molecular weight excluding hydrogens is 528 g/mol. The number of nitrogens with one attached hydrogen (secondary N) is 2. The Morgan fingerprint density at radius 2 is 1.54 bits per heavy atom. The molecule has 0 radical (unpaired) electrons. The van der Waals surface area contributed by atoms with Crippen molar-refractivity contribution < 1.29 is 8.42 Å². The SMILES string of the molecule is Cc1ccc2cc3c(c(NCCN(CCNc4c5c(nc6cccc(C)c46)CCCC5)S(C)(=O)=O)c2c1)CCCC3. The maximum atomic E-state index is 12.9. The molecule has 1 aromatic heterocycles. The van der Waals surface area contributed by atoms with Crippen LogP contribution in [0.4, 0.5) is 11.4 Å². The van der Waals surface area contributed by atoms with E-state index in [9.17, 15) is 8.42 Å². The van der Waals surface area contributed by atoms with Crippen LogP contribution in [0, 0.1) is 13.8 Å². The fraction of sp³-hybridized carbons (Fsp3) is 0.441. The first kappa shape index (κ1) is 28.0. The molecular formula is C34H42N4O2S. The molecule has 0 unspecified atom stereocenters. The lowest BCUT2D eigenvalue weighted by atomic mass is 9.87. The van der Waals surface area contributed by atoms with Gasteiger partial charge in [0.25, 0.3) is 0 Å². The van der Waals surface area contributed by atoms with Gasteiger partial charge >= 0.3 is 0 Å². The van der Waals surface area contributed by atoms with Gasteiger partial charge in [-0.1, -0.05) is 35.9 Å². The van der Waals surface area contributed by atoms with Crippen LogP contribution in [0.3, 0.4) is 0 Å². The molecule has 7 heteroatoms. The minimum atomic E-state index is -3.37. The average Bonchev–Trinajstić information content (AvgIpc) is 2.95. The Morgan fingerprint density at radius 3 is 2.32 bits per heavy atom. The molecule has 3 aromatic carbocycles. The third-order valence-electron chi connectivity index (χ3n) is 8.91. The van der Waals surface area contributed by atoms with Crippen molar-refractivity contribution in [2.75, 3.05) is 43.1 Å². The minimum Gasteiger partial charge on any atom is -0.383 e. The molecule has 0 spiro atoms. The zero-order valence-corrected chi connectivity index (χ0v) is 25.5. The summed E-state index contributed by atoms with van der Waals surface area (Å²) in [6.07, 6.45) is 10.3. The number of pyridine rings is 1. The molecule has 1 heterocycles. The van der Waals surface area contributed by atoms with E-state index in [4.69, 9.17) is 4.98 Å². The third-order valence-corrected chi connectivity index (χ3v) is 10.2. The number of hydrogen-bond acceptors (Lipinski definition) is 5. The highest BCUT2D eigenvalue weighted by molar-refractivity contribution is 7.88. The monoisotopic (exact) mass is 570 g/mol. The third kappa shape index (κ3) is 5.80. The zero-order chi connectivity index (χ0) is 28.6. The van der Waals surface area contributed by atoms with Gasteiger partial charge in [-0.15, -0.1) is 0 Å². The lowest BCUT2D eigenvalue weighted by molar-refractivity contribution is 0.438. The molecule has 0 saturated heterocycles. The van der Waals surface area contributed by atoms with Crippen molar-refractivity contribution in [1.29, 1.82) is 0 Å². The summed E-state index contributed by atoms with van der Waals surface area (Å²) in [4.78, 5) is 4.99. The molecule has 41 heavy (non-hydrogen) atoms. The van der Waals surface area contributed by atoms with Gasteiger partial charge in [0, 0.05) is 54.0 Å². The van der Waals surface area contributed by atoms with E-state index in [1.807, 2.05) is 0 Å². The smallest absolute Gasteiger partial charge is 0.211 e. The number of benzene rings is 3. The normalized spacial score (nSPS) is 15.2. The Labute approximate surface area is 244 Å². The highest BCUT2D eigenvalue weighted by Gasteiger charge is 2.22. The molecule has 2 N–H and O–H groups in total. The number of aryl methyl sites for hydroxylation is 4. The number of fused-ring (bicyclic) bond motifs is 4. The summed E-state index contributed by atoms with van der Waals surface area (Å²) in [6, 6.07) is 15.3. The van der Waals surface area contributed by atoms with E-state index in [0.717, 1.165) is 42.3 Å². The average molecular weight is 571 g/mol. The van der Waals surface area contributed by atoms with E-state index in [-0.39, 0.29) is 0 Å². The number of hydrogen-bond donors (Lipinski definition) is 2. The Bertz CT molecular complexity index is 1710. The van der Waals surface area contributed by atoms with Gasteiger partial charge in [0.2, 0.25) is 10.0 Å². The number of rotatable bonds is 9. The van der Waals surface area contributed by atoms with E-state index in [2.05, 4.69) is 66.9 Å². The predicted octanol–water partition coefficient (Wildman–Crippen LogP) is 6.55. The van der Waals surface area contributed by atoms with Crippen molar-refractivity contribution in [3.63, 3.8) is 0 Å². The van der Waals surface area contributed by atoms with Crippen molar-refractivity contribution in [2.45, 2.75) is 65.2 Å². The minimum absolute atomic E-state index is 0.414. The Hall–Kier alpha value is -3.16. The van der Waals surface area contributed by atoms with Crippen molar-refractivity contribution in [2.24, 2.45) is 0 Å². The van der Waals surface area contributed by atoms with Crippen molar-refractivity contribution in [1.82, 2.24) is 9.29 Å². The van der Waals surface area contributed by atoms with Crippen molar-refractivity contribution in [3.8, 4) is 0 Å². The van der Waals surface area contributed by atoms with Gasteiger partial charge in [-0.3, -0.25) is 4.98 Å². The standard InChI is InChI=1S/C34H42N4O2S/c1-23-15-16-26-22-25-10-4-5-11-27(25)33(29(26)21-23)35-17-19-38(41(3,39)40)20-18-36-34-28-12-6-7-13-30(28)37-31-14-8-9-24(2)32(31)34/h8-9,14-16,21-22,35H,4-7,10-13,17-20H2,1-3H3,(H,36,37). The first-order valence-electron chi connectivity index (χ1n) is 15.2.